The Morgan fingerprint density at radius 1 is 0.722 bits per heavy atom. The molecule has 0 aliphatic rings. The van der Waals surface area contributed by atoms with Crippen molar-refractivity contribution in [1.29, 1.82) is 0 Å². The molecule has 0 saturated carbocycles. The molecule has 18 heavy (non-hydrogen) atoms. The van der Waals surface area contributed by atoms with Gasteiger partial charge in [0.25, 0.3) is 0 Å². The molecule has 0 fully saturated rings. The van der Waals surface area contributed by atoms with Gasteiger partial charge in [-0.15, -0.1) is 23.2 Å². The van der Waals surface area contributed by atoms with E-state index in [9.17, 15) is 37.8 Å². The Morgan fingerprint density at radius 3 is 0.833 bits per heavy atom. The van der Waals surface area contributed by atoms with Crippen LogP contribution < -0.4 is 19.6 Å². The number of rotatable bonds is 4. The van der Waals surface area contributed by atoms with E-state index < -0.39 is 33.0 Å². The Kier molecular flexibility index (Phi) is 33.7. The Morgan fingerprint density at radius 2 is 0.833 bits per heavy atom. The van der Waals surface area contributed by atoms with Crippen molar-refractivity contribution in [3.8, 4) is 0 Å². The van der Waals surface area contributed by atoms with E-state index in [4.69, 9.17) is 23.2 Å². The molecule has 0 spiro atoms. The quantitative estimate of drug-likeness (QED) is 0.348. The van der Waals surface area contributed by atoms with Crippen LogP contribution in [0.2, 0.25) is 0 Å². The summed E-state index contributed by atoms with van der Waals surface area (Å²) >= 11 is 9.53. The molecule has 0 rings (SSSR count). The minimum absolute atomic E-state index is 0. The first-order chi connectivity index (χ1) is 7.67. The van der Waals surface area contributed by atoms with Crippen molar-refractivity contribution >= 4 is 56.2 Å². The van der Waals surface area contributed by atoms with Gasteiger partial charge in [-0.3, -0.25) is 8.62 Å². The second-order valence-corrected chi connectivity index (χ2v) is 5.75. The zero-order chi connectivity index (χ0) is 14.4. The monoisotopic (exact) mass is 462 g/mol. The second kappa shape index (κ2) is 21.4. The standard InChI is InChI=1S/CH2Cl2.2H4O5P2.Zr/c2-1-3;2*1-6(2)5-7(3)4;/h1H2;2*6-7H,(H,1,2)(H,3,4);/q;;;+4/p-4. The predicted octanol–water partition coefficient (Wildman–Crippen LogP) is -1.58. The molecule has 0 amide bonds. The van der Waals surface area contributed by atoms with Crippen LogP contribution in [0.3, 0.4) is 0 Å². The van der Waals surface area contributed by atoms with E-state index in [-0.39, 0.29) is 31.5 Å². The van der Waals surface area contributed by atoms with Crippen molar-refractivity contribution < 1.29 is 72.7 Å². The Balaban J connectivity index is -0.0000000857. The molecular weight excluding hydrogens is 458 g/mol. The van der Waals surface area contributed by atoms with Gasteiger partial charge in [0.1, 0.15) is 33.0 Å². The maximum Gasteiger partial charge on any atom is 4.00 e. The Hall–Kier alpha value is 2.14. The summed E-state index contributed by atoms with van der Waals surface area (Å²) < 4.78 is 43.6. The van der Waals surface area contributed by atoms with Crippen LogP contribution in [0.15, 0.2) is 0 Å². The summed E-state index contributed by atoms with van der Waals surface area (Å²) in [6, 6.07) is 0. The van der Waals surface area contributed by atoms with Gasteiger partial charge in [0.2, 0.25) is 0 Å². The minimum atomic E-state index is -3.51. The average molecular weight is 464 g/mol. The number of hydrogen-bond acceptors (Lipinski definition) is 10. The van der Waals surface area contributed by atoms with Gasteiger partial charge < -0.3 is 37.8 Å². The molecule has 0 aromatic heterocycles. The summed E-state index contributed by atoms with van der Waals surface area (Å²) in [7, 11) is -14.1. The van der Waals surface area contributed by atoms with Crippen LogP contribution in [0.1, 0.15) is 0 Å². The molecule has 0 aliphatic carbocycles. The Labute approximate surface area is 134 Å². The van der Waals surface area contributed by atoms with E-state index in [1.807, 2.05) is 0 Å². The fraction of sp³-hybridized carbons (Fsp3) is 1.00. The van der Waals surface area contributed by atoms with Crippen molar-refractivity contribution in [3.63, 3.8) is 0 Å². The van der Waals surface area contributed by atoms with Crippen LogP contribution in [-0.4, -0.2) is 5.34 Å². The molecular formula is CH6Cl2O10P4Zr. The third-order valence-corrected chi connectivity index (χ3v) is 3.00. The van der Waals surface area contributed by atoms with Gasteiger partial charge in [-0.1, -0.05) is 0 Å². The molecule has 0 heterocycles. The molecule has 0 saturated heterocycles. The minimum Gasteiger partial charge on any atom is -0.781 e. The topological polar surface area (TPSA) is 179 Å². The maximum atomic E-state index is 9.29. The van der Waals surface area contributed by atoms with E-state index in [2.05, 4.69) is 8.62 Å². The fourth-order valence-corrected chi connectivity index (χ4v) is 1.22. The van der Waals surface area contributed by atoms with Gasteiger partial charge in [-0.05, 0) is 0 Å². The number of hydrogen-bond donors (Lipinski definition) is 0. The molecule has 17 heteroatoms. The molecule has 0 aromatic carbocycles. The van der Waals surface area contributed by atoms with Gasteiger partial charge in [-0.2, -0.15) is 0 Å². The van der Waals surface area contributed by atoms with E-state index in [0.717, 1.165) is 0 Å². The van der Waals surface area contributed by atoms with Gasteiger partial charge in [0.15, 0.2) is 0 Å². The molecule has 10 nitrogen and oxygen atoms in total. The summed E-state index contributed by atoms with van der Waals surface area (Å²) in [4.78, 5) is 37.1. The molecule has 0 aromatic rings. The SMILES string of the molecule is ClCCl.O=[PH]([O-])O[PH](=O)[O-].O=[PH]([O-])O[PH](=O)[O-].[Zr+4]. The molecule has 0 radical (unpaired) electrons. The smallest absolute Gasteiger partial charge is 0.781 e. The third-order valence-electron chi connectivity index (χ3n) is 0.333. The summed E-state index contributed by atoms with van der Waals surface area (Å²) in [5.74, 6) is 0. The van der Waals surface area contributed by atoms with Crippen LogP contribution in [0.4, 0.5) is 0 Å². The van der Waals surface area contributed by atoms with Crippen molar-refractivity contribution in [2.24, 2.45) is 0 Å². The van der Waals surface area contributed by atoms with E-state index in [0.29, 0.717) is 0 Å². The predicted molar refractivity (Wildman–Crippen MR) is 54.7 cm³/mol. The molecule has 0 N–H and O–H groups in total. The van der Waals surface area contributed by atoms with Gasteiger partial charge in [0, 0.05) is 0 Å². The molecule has 4 unspecified atom stereocenters. The average Bonchev–Trinajstić information content (AvgIpc) is 1.99. The molecule has 108 valence electrons. The van der Waals surface area contributed by atoms with Crippen LogP contribution in [0.25, 0.3) is 0 Å². The van der Waals surface area contributed by atoms with Crippen LogP contribution in [0, 0.1) is 0 Å². The van der Waals surface area contributed by atoms with Crippen molar-refractivity contribution in [1.82, 2.24) is 0 Å². The molecule has 4 atom stereocenters. The summed E-state index contributed by atoms with van der Waals surface area (Å²) in [5, 5.41) is 0.194. The summed E-state index contributed by atoms with van der Waals surface area (Å²) in [5.41, 5.74) is 0. The van der Waals surface area contributed by atoms with E-state index >= 15 is 0 Å². The van der Waals surface area contributed by atoms with Gasteiger partial charge >= 0.3 is 26.2 Å². The summed E-state index contributed by atoms with van der Waals surface area (Å²) in [6.07, 6.45) is 0. The first-order valence-corrected chi connectivity index (χ1v) is 8.95. The van der Waals surface area contributed by atoms with Crippen LogP contribution >= 0.6 is 56.2 Å². The number of alkyl halides is 2. The molecule has 0 aliphatic heterocycles. The zero-order valence-corrected chi connectivity index (χ0v) is 16.0. The first-order valence-electron chi connectivity index (χ1n) is 2.98. The molecule has 0 bridgehead atoms. The largest absolute Gasteiger partial charge is 4.00 e. The van der Waals surface area contributed by atoms with Gasteiger partial charge in [-0.25, -0.2) is 0 Å². The van der Waals surface area contributed by atoms with E-state index in [1.165, 1.54) is 0 Å². The normalized spacial score (nSPS) is 15.4. The van der Waals surface area contributed by atoms with Crippen LogP contribution in [0.5, 0.6) is 0 Å². The van der Waals surface area contributed by atoms with Crippen molar-refractivity contribution in [2.45, 2.75) is 0 Å². The summed E-state index contributed by atoms with van der Waals surface area (Å²) in [6.45, 7) is 0. The Bertz CT molecular complexity index is 223. The van der Waals surface area contributed by atoms with Gasteiger partial charge in [0.05, 0.1) is 5.34 Å². The van der Waals surface area contributed by atoms with E-state index in [1.54, 1.807) is 0 Å². The second-order valence-electron chi connectivity index (χ2n) is 1.31. The van der Waals surface area contributed by atoms with Crippen molar-refractivity contribution in [2.75, 3.05) is 5.34 Å². The van der Waals surface area contributed by atoms with Crippen molar-refractivity contribution in [3.05, 3.63) is 0 Å². The maximum absolute atomic E-state index is 9.29. The van der Waals surface area contributed by atoms with Crippen LogP contribution in [-0.2, 0) is 53.1 Å². The number of halogens is 2. The first kappa shape index (κ1) is 28.3. The zero-order valence-electron chi connectivity index (χ0n) is 8.05. The fourth-order valence-electron chi connectivity index (χ4n) is 0.136. The third kappa shape index (κ3) is 51.8.